The molecule has 0 aliphatic carbocycles. The lowest BCUT2D eigenvalue weighted by molar-refractivity contribution is 0.0660. The molecule has 0 saturated heterocycles. The van der Waals surface area contributed by atoms with Gasteiger partial charge < -0.3 is 9.52 Å². The molecular weight excluding hydrogens is 234 g/mol. The Morgan fingerprint density at radius 1 is 1.44 bits per heavy atom. The number of hydrogen-bond acceptors (Lipinski definition) is 4. The predicted molar refractivity (Wildman–Crippen MR) is 63.5 cm³/mol. The van der Waals surface area contributed by atoms with Gasteiger partial charge in [-0.05, 0) is 6.07 Å². The molecule has 0 amide bonds. The average molecular weight is 249 g/mol. The maximum atomic E-state index is 10.9. The van der Waals surface area contributed by atoms with Gasteiger partial charge in [0, 0.05) is 18.4 Å². The Bertz CT molecular complexity index is 557. The van der Waals surface area contributed by atoms with E-state index < -0.39 is 5.97 Å². The summed E-state index contributed by atoms with van der Waals surface area (Å²) in [4.78, 5) is 15.3. The molecule has 6 nitrogen and oxygen atoms in total. The van der Waals surface area contributed by atoms with Crippen molar-refractivity contribution in [2.45, 2.75) is 33.2 Å². The van der Waals surface area contributed by atoms with Crippen molar-refractivity contribution < 1.29 is 14.3 Å². The fourth-order valence-electron chi connectivity index (χ4n) is 1.77. The smallest absolute Gasteiger partial charge is 0.372 e. The van der Waals surface area contributed by atoms with Gasteiger partial charge in [-0.15, -0.1) is 0 Å². The highest BCUT2D eigenvalue weighted by molar-refractivity contribution is 5.86. The number of carboxylic acid groups (broad SMARTS) is 1. The first-order chi connectivity index (χ1) is 8.65. The zero-order valence-corrected chi connectivity index (χ0v) is 10.4. The van der Waals surface area contributed by atoms with E-state index in [0.717, 1.165) is 24.5 Å². The van der Waals surface area contributed by atoms with E-state index in [1.165, 1.54) is 6.26 Å². The number of nitrogens with zero attached hydrogens (tertiary/aromatic N) is 3. The monoisotopic (exact) mass is 249 g/mol. The van der Waals surface area contributed by atoms with E-state index in [-0.39, 0.29) is 5.76 Å². The minimum atomic E-state index is -1.07. The summed E-state index contributed by atoms with van der Waals surface area (Å²) in [5.74, 6) is 0.520. The van der Waals surface area contributed by atoms with Crippen molar-refractivity contribution >= 4 is 5.97 Å². The van der Waals surface area contributed by atoms with Gasteiger partial charge in [-0.2, -0.15) is 5.10 Å². The largest absolute Gasteiger partial charge is 0.475 e. The maximum Gasteiger partial charge on any atom is 0.372 e. The second kappa shape index (κ2) is 5.03. The normalized spacial score (nSPS) is 10.8. The lowest BCUT2D eigenvalue weighted by Crippen LogP contribution is -2.09. The van der Waals surface area contributed by atoms with Crippen molar-refractivity contribution in [3.63, 3.8) is 0 Å². The number of aromatic nitrogens is 3. The Labute approximate surface area is 104 Å². The van der Waals surface area contributed by atoms with Gasteiger partial charge in [-0.1, -0.05) is 13.8 Å². The van der Waals surface area contributed by atoms with Crippen LogP contribution in [0.15, 0.2) is 16.7 Å². The number of aryl methyl sites for hydroxylation is 2. The van der Waals surface area contributed by atoms with Crippen LogP contribution in [0.2, 0.25) is 0 Å². The van der Waals surface area contributed by atoms with E-state index in [0.29, 0.717) is 12.1 Å². The predicted octanol–water partition coefficient (Wildman–Crippen LogP) is 1.74. The van der Waals surface area contributed by atoms with Crippen LogP contribution in [0.4, 0.5) is 0 Å². The summed E-state index contributed by atoms with van der Waals surface area (Å²) in [7, 11) is 0. The Balaban J connectivity index is 2.30. The van der Waals surface area contributed by atoms with Gasteiger partial charge in [0.25, 0.3) is 0 Å². The Morgan fingerprint density at radius 2 is 2.22 bits per heavy atom. The van der Waals surface area contributed by atoms with Gasteiger partial charge in [-0.25, -0.2) is 14.5 Å². The third kappa shape index (κ3) is 2.27. The molecular formula is C12H15N3O3. The Hall–Kier alpha value is -2.11. The van der Waals surface area contributed by atoms with Gasteiger partial charge in [-0.3, -0.25) is 0 Å². The summed E-state index contributed by atoms with van der Waals surface area (Å²) < 4.78 is 6.68. The summed E-state index contributed by atoms with van der Waals surface area (Å²) in [6.45, 7) is 4.35. The third-order valence-electron chi connectivity index (χ3n) is 2.69. The standard InChI is InChI=1S/C12H15N3O3/c1-3-9-13-10(4-2)15(14-9)7-8-5-6-18-11(8)12(16)17/h5-6H,3-4,7H2,1-2H3,(H,16,17). The number of furan rings is 1. The first-order valence-corrected chi connectivity index (χ1v) is 5.88. The highest BCUT2D eigenvalue weighted by Crippen LogP contribution is 2.13. The molecule has 0 atom stereocenters. The Morgan fingerprint density at radius 3 is 2.83 bits per heavy atom. The van der Waals surface area contributed by atoms with E-state index >= 15 is 0 Å². The summed E-state index contributed by atoms with van der Waals surface area (Å²) in [5, 5.41) is 13.3. The van der Waals surface area contributed by atoms with Crippen LogP contribution in [-0.4, -0.2) is 25.8 Å². The molecule has 0 unspecified atom stereocenters. The van der Waals surface area contributed by atoms with Crippen molar-refractivity contribution in [2.75, 3.05) is 0 Å². The summed E-state index contributed by atoms with van der Waals surface area (Å²) in [6.07, 6.45) is 2.90. The molecule has 18 heavy (non-hydrogen) atoms. The van der Waals surface area contributed by atoms with Crippen molar-refractivity contribution in [2.24, 2.45) is 0 Å². The molecule has 6 heteroatoms. The highest BCUT2D eigenvalue weighted by atomic mass is 16.4. The van der Waals surface area contributed by atoms with Crippen LogP contribution < -0.4 is 0 Å². The van der Waals surface area contributed by atoms with Gasteiger partial charge in [0.1, 0.15) is 5.82 Å². The molecule has 0 spiro atoms. The first-order valence-electron chi connectivity index (χ1n) is 5.88. The van der Waals surface area contributed by atoms with E-state index in [9.17, 15) is 4.79 Å². The third-order valence-corrected chi connectivity index (χ3v) is 2.69. The average Bonchev–Trinajstić information content (AvgIpc) is 2.95. The molecule has 0 aliphatic rings. The second-order valence-electron chi connectivity index (χ2n) is 3.89. The van der Waals surface area contributed by atoms with E-state index in [1.54, 1.807) is 10.7 Å². The number of carbonyl (C=O) groups is 1. The molecule has 0 radical (unpaired) electrons. The summed E-state index contributed by atoms with van der Waals surface area (Å²) >= 11 is 0. The molecule has 0 fully saturated rings. The maximum absolute atomic E-state index is 10.9. The van der Waals surface area contributed by atoms with Crippen molar-refractivity contribution in [3.05, 3.63) is 35.3 Å². The minimum Gasteiger partial charge on any atom is -0.475 e. The van der Waals surface area contributed by atoms with E-state index in [2.05, 4.69) is 10.1 Å². The van der Waals surface area contributed by atoms with Crippen LogP contribution in [0.1, 0.15) is 41.6 Å². The minimum absolute atomic E-state index is 0.0365. The topological polar surface area (TPSA) is 81.2 Å². The van der Waals surface area contributed by atoms with E-state index in [1.807, 2.05) is 13.8 Å². The molecule has 0 aliphatic heterocycles. The van der Waals surface area contributed by atoms with Crippen LogP contribution in [0, 0.1) is 0 Å². The highest BCUT2D eigenvalue weighted by Gasteiger charge is 2.16. The zero-order valence-electron chi connectivity index (χ0n) is 10.4. The number of rotatable bonds is 5. The fourth-order valence-corrected chi connectivity index (χ4v) is 1.77. The van der Waals surface area contributed by atoms with Crippen LogP contribution in [0.25, 0.3) is 0 Å². The summed E-state index contributed by atoms with van der Waals surface area (Å²) in [6, 6.07) is 1.65. The molecule has 2 aromatic heterocycles. The van der Waals surface area contributed by atoms with Gasteiger partial charge in [0.15, 0.2) is 5.82 Å². The molecule has 0 bridgehead atoms. The number of carboxylic acids is 1. The number of aromatic carboxylic acids is 1. The molecule has 0 saturated carbocycles. The van der Waals surface area contributed by atoms with Gasteiger partial charge >= 0.3 is 5.97 Å². The molecule has 1 N–H and O–H groups in total. The molecule has 2 heterocycles. The van der Waals surface area contributed by atoms with Crippen molar-refractivity contribution in [1.29, 1.82) is 0 Å². The van der Waals surface area contributed by atoms with Gasteiger partial charge in [0.05, 0.1) is 12.8 Å². The van der Waals surface area contributed by atoms with Crippen LogP contribution in [0.5, 0.6) is 0 Å². The van der Waals surface area contributed by atoms with Crippen molar-refractivity contribution in [1.82, 2.24) is 14.8 Å². The molecule has 2 aromatic rings. The molecule has 2 rings (SSSR count). The second-order valence-corrected chi connectivity index (χ2v) is 3.89. The Kier molecular flexibility index (Phi) is 3.45. The van der Waals surface area contributed by atoms with Gasteiger partial charge in [0.2, 0.25) is 5.76 Å². The lowest BCUT2D eigenvalue weighted by Gasteiger charge is -2.03. The SMILES string of the molecule is CCc1nc(CC)n(Cc2ccoc2C(=O)O)n1. The van der Waals surface area contributed by atoms with Crippen LogP contribution in [0.3, 0.4) is 0 Å². The fraction of sp³-hybridized carbons (Fsp3) is 0.417. The zero-order chi connectivity index (χ0) is 13.1. The summed E-state index contributed by atoms with van der Waals surface area (Å²) in [5.41, 5.74) is 0.602. The number of hydrogen-bond donors (Lipinski definition) is 1. The molecule has 96 valence electrons. The quantitative estimate of drug-likeness (QED) is 0.872. The molecule has 0 aromatic carbocycles. The van der Waals surface area contributed by atoms with Crippen molar-refractivity contribution in [3.8, 4) is 0 Å². The lowest BCUT2D eigenvalue weighted by atomic mass is 10.2. The van der Waals surface area contributed by atoms with E-state index in [4.69, 9.17) is 9.52 Å². The first kappa shape index (κ1) is 12.3. The van der Waals surface area contributed by atoms with Crippen LogP contribution in [-0.2, 0) is 19.4 Å². The van der Waals surface area contributed by atoms with Crippen LogP contribution >= 0.6 is 0 Å².